The average Bonchev–Trinajstić information content (AvgIpc) is 2.82. The number of unbranched alkanes of at least 4 members (excludes halogenated alkanes) is 1. The first kappa shape index (κ1) is 15.8. The maximum atomic E-state index is 5.86. The molecule has 1 aromatic carbocycles. The monoisotopic (exact) mass is 291 g/mol. The molecule has 0 aliphatic rings. The van der Waals surface area contributed by atoms with E-state index in [9.17, 15) is 0 Å². The lowest BCUT2D eigenvalue weighted by atomic mass is 10.3. The zero-order valence-electron chi connectivity index (χ0n) is 13.7. The molecule has 0 spiro atoms. The third-order valence-electron chi connectivity index (χ3n) is 3.89. The zero-order chi connectivity index (χ0) is 15.2. The highest BCUT2D eigenvalue weighted by Crippen LogP contribution is 2.21. The molecular formula is C17H27N2O2+. The molecule has 0 unspecified atom stereocenters. The van der Waals surface area contributed by atoms with E-state index in [1.165, 1.54) is 23.3 Å². The van der Waals surface area contributed by atoms with Gasteiger partial charge in [-0.25, -0.2) is 9.13 Å². The maximum Gasteiger partial charge on any atom is 0.283 e. The van der Waals surface area contributed by atoms with Gasteiger partial charge in [-0.1, -0.05) is 13.3 Å². The summed E-state index contributed by atoms with van der Waals surface area (Å²) in [7, 11) is 1.71. The third kappa shape index (κ3) is 3.21. The van der Waals surface area contributed by atoms with E-state index in [1.807, 2.05) is 6.07 Å². The second-order valence-electron chi connectivity index (χ2n) is 5.17. The van der Waals surface area contributed by atoms with E-state index < -0.39 is 0 Å². The molecule has 0 N–H and O–H groups in total. The molecule has 21 heavy (non-hydrogen) atoms. The summed E-state index contributed by atoms with van der Waals surface area (Å²) in [5.74, 6) is 2.13. The number of hydrogen-bond acceptors (Lipinski definition) is 2. The Balaban J connectivity index is 2.41. The number of hydrogen-bond donors (Lipinski definition) is 0. The van der Waals surface area contributed by atoms with Crippen LogP contribution < -0.4 is 9.30 Å². The molecule has 1 aromatic heterocycles. The Kier molecular flexibility index (Phi) is 5.62. The summed E-state index contributed by atoms with van der Waals surface area (Å²) in [5.41, 5.74) is 2.46. The van der Waals surface area contributed by atoms with Crippen LogP contribution in [0, 0.1) is 0 Å². The van der Waals surface area contributed by atoms with Gasteiger partial charge in [0.25, 0.3) is 5.82 Å². The standard InChI is InChI=1S/C17H27N2O2/c1-5-8-11-21-13-17-18(6-2)15-10-9-14(20-4)12-16(15)19(17)7-3/h9-10,12H,5-8,11,13H2,1-4H3/q+1. The average molecular weight is 291 g/mol. The summed E-state index contributed by atoms with van der Waals surface area (Å²) in [4.78, 5) is 0. The predicted molar refractivity (Wildman–Crippen MR) is 84.6 cm³/mol. The minimum atomic E-state index is 0.665. The SMILES string of the molecule is CCCCOCc1n(CC)c2cc(OC)ccc2[n+]1CC. The van der Waals surface area contributed by atoms with Crippen LogP contribution in [0.2, 0.25) is 0 Å². The Labute approximate surface area is 127 Å². The molecule has 0 saturated carbocycles. The summed E-state index contributed by atoms with van der Waals surface area (Å²) in [6, 6.07) is 6.27. The molecule has 0 aliphatic carbocycles. The van der Waals surface area contributed by atoms with Crippen LogP contribution in [0.5, 0.6) is 5.75 Å². The normalized spacial score (nSPS) is 11.2. The summed E-state index contributed by atoms with van der Waals surface area (Å²) >= 11 is 0. The van der Waals surface area contributed by atoms with E-state index in [-0.39, 0.29) is 0 Å². The molecule has 0 amide bonds. The highest BCUT2D eigenvalue weighted by atomic mass is 16.5. The number of nitrogens with zero attached hydrogens (tertiary/aromatic N) is 2. The number of aryl methyl sites for hydroxylation is 2. The van der Waals surface area contributed by atoms with E-state index >= 15 is 0 Å². The van der Waals surface area contributed by atoms with Gasteiger partial charge < -0.3 is 9.47 Å². The summed E-state index contributed by atoms with van der Waals surface area (Å²) in [6.07, 6.45) is 2.29. The van der Waals surface area contributed by atoms with Gasteiger partial charge in [-0.05, 0) is 32.4 Å². The van der Waals surface area contributed by atoms with Crippen LogP contribution in [-0.2, 0) is 24.4 Å². The fraction of sp³-hybridized carbons (Fsp3) is 0.588. The van der Waals surface area contributed by atoms with Gasteiger partial charge in [0.2, 0.25) is 0 Å². The van der Waals surface area contributed by atoms with Gasteiger partial charge in [0.1, 0.15) is 12.4 Å². The van der Waals surface area contributed by atoms with Crippen molar-refractivity contribution in [2.45, 2.75) is 53.3 Å². The van der Waals surface area contributed by atoms with E-state index in [2.05, 4.69) is 42.0 Å². The molecule has 0 saturated heterocycles. The number of fused-ring (bicyclic) bond motifs is 1. The Bertz CT molecular complexity index is 590. The van der Waals surface area contributed by atoms with Crippen LogP contribution in [0.1, 0.15) is 39.4 Å². The van der Waals surface area contributed by atoms with Crippen molar-refractivity contribution in [2.24, 2.45) is 0 Å². The van der Waals surface area contributed by atoms with Gasteiger partial charge in [0, 0.05) is 12.7 Å². The minimum Gasteiger partial charge on any atom is -0.497 e. The van der Waals surface area contributed by atoms with Gasteiger partial charge in [0.15, 0.2) is 11.0 Å². The number of ether oxygens (including phenoxy) is 2. The molecule has 2 rings (SSSR count). The number of imidazole rings is 1. The van der Waals surface area contributed by atoms with Crippen molar-refractivity contribution in [1.29, 1.82) is 0 Å². The van der Waals surface area contributed by atoms with Crippen LogP contribution in [0.25, 0.3) is 11.0 Å². The molecule has 0 atom stereocenters. The van der Waals surface area contributed by atoms with Crippen LogP contribution in [0.3, 0.4) is 0 Å². The van der Waals surface area contributed by atoms with Gasteiger partial charge >= 0.3 is 0 Å². The van der Waals surface area contributed by atoms with Crippen molar-refractivity contribution in [3.8, 4) is 5.75 Å². The van der Waals surface area contributed by atoms with E-state index in [0.29, 0.717) is 6.61 Å². The molecular weight excluding hydrogens is 264 g/mol. The lowest BCUT2D eigenvalue weighted by Gasteiger charge is -2.04. The van der Waals surface area contributed by atoms with Gasteiger partial charge in [-0.3, -0.25) is 0 Å². The van der Waals surface area contributed by atoms with Crippen LogP contribution in [0.15, 0.2) is 18.2 Å². The lowest BCUT2D eigenvalue weighted by molar-refractivity contribution is -0.678. The molecule has 0 bridgehead atoms. The molecule has 4 heteroatoms. The van der Waals surface area contributed by atoms with Crippen molar-refractivity contribution in [3.05, 3.63) is 24.0 Å². The highest BCUT2D eigenvalue weighted by Gasteiger charge is 2.23. The number of aromatic nitrogens is 2. The van der Waals surface area contributed by atoms with Crippen LogP contribution in [0.4, 0.5) is 0 Å². The molecule has 2 aromatic rings. The highest BCUT2D eigenvalue weighted by molar-refractivity contribution is 5.74. The third-order valence-corrected chi connectivity index (χ3v) is 3.89. The molecule has 4 nitrogen and oxygen atoms in total. The van der Waals surface area contributed by atoms with Gasteiger partial charge in [-0.2, -0.15) is 0 Å². The van der Waals surface area contributed by atoms with Gasteiger partial charge in [-0.15, -0.1) is 0 Å². The fourth-order valence-electron chi connectivity index (χ4n) is 2.77. The summed E-state index contributed by atoms with van der Waals surface area (Å²) in [6.45, 7) is 9.91. The molecule has 1 heterocycles. The van der Waals surface area contributed by atoms with Crippen LogP contribution >= 0.6 is 0 Å². The number of benzene rings is 1. The van der Waals surface area contributed by atoms with Crippen LogP contribution in [-0.4, -0.2) is 18.3 Å². The Morgan fingerprint density at radius 3 is 2.62 bits per heavy atom. The Morgan fingerprint density at radius 1 is 1.19 bits per heavy atom. The van der Waals surface area contributed by atoms with Crippen molar-refractivity contribution in [1.82, 2.24) is 4.57 Å². The van der Waals surface area contributed by atoms with E-state index in [0.717, 1.165) is 31.9 Å². The first-order valence-electron chi connectivity index (χ1n) is 7.93. The second-order valence-corrected chi connectivity index (χ2v) is 5.17. The van der Waals surface area contributed by atoms with Crippen molar-refractivity contribution in [3.63, 3.8) is 0 Å². The predicted octanol–water partition coefficient (Wildman–Crippen LogP) is 3.29. The summed E-state index contributed by atoms with van der Waals surface area (Å²) in [5, 5.41) is 0. The number of rotatable bonds is 8. The fourth-order valence-corrected chi connectivity index (χ4v) is 2.77. The number of methoxy groups -OCH3 is 1. The first-order chi connectivity index (χ1) is 10.3. The minimum absolute atomic E-state index is 0.665. The Morgan fingerprint density at radius 2 is 2.00 bits per heavy atom. The van der Waals surface area contributed by atoms with Crippen molar-refractivity contribution < 1.29 is 14.0 Å². The zero-order valence-corrected chi connectivity index (χ0v) is 13.7. The van der Waals surface area contributed by atoms with E-state index in [4.69, 9.17) is 9.47 Å². The Hall–Kier alpha value is -1.55. The smallest absolute Gasteiger partial charge is 0.283 e. The molecule has 0 fully saturated rings. The maximum absolute atomic E-state index is 5.86. The first-order valence-corrected chi connectivity index (χ1v) is 7.93. The lowest BCUT2D eigenvalue weighted by Crippen LogP contribution is -2.37. The van der Waals surface area contributed by atoms with Gasteiger partial charge in [0.05, 0.1) is 20.2 Å². The van der Waals surface area contributed by atoms with Crippen molar-refractivity contribution in [2.75, 3.05) is 13.7 Å². The summed E-state index contributed by atoms with van der Waals surface area (Å²) < 4.78 is 15.9. The quantitative estimate of drug-likeness (QED) is 0.551. The molecule has 116 valence electrons. The van der Waals surface area contributed by atoms with Crippen molar-refractivity contribution >= 4 is 11.0 Å². The molecule has 0 aliphatic heterocycles. The molecule has 0 radical (unpaired) electrons. The second kappa shape index (κ2) is 7.46. The topological polar surface area (TPSA) is 27.3 Å². The largest absolute Gasteiger partial charge is 0.497 e. The van der Waals surface area contributed by atoms with E-state index in [1.54, 1.807) is 7.11 Å².